The standard InChI is InChI=1S/C19H20FN3O3S/c1-27(25,26)23(12-10-16-4-2-3-5-18(16)20)13-11-19(24)22-17-8-6-15(14-21)7-9-17/h2-9H,10-13H2,1H3,(H,22,24). The van der Waals surface area contributed by atoms with Crippen molar-refractivity contribution in [3.63, 3.8) is 0 Å². The third kappa shape index (κ3) is 6.47. The van der Waals surface area contributed by atoms with E-state index in [-0.39, 0.29) is 37.7 Å². The first kappa shape index (κ1) is 20.6. The van der Waals surface area contributed by atoms with Crippen LogP contribution in [0, 0.1) is 17.1 Å². The summed E-state index contributed by atoms with van der Waals surface area (Å²) in [4.78, 5) is 12.1. The predicted octanol–water partition coefficient (Wildman–Crippen LogP) is 2.53. The first-order chi connectivity index (χ1) is 12.8. The topological polar surface area (TPSA) is 90.3 Å². The number of sulfonamides is 1. The number of hydrogen-bond acceptors (Lipinski definition) is 4. The number of rotatable bonds is 8. The molecule has 2 rings (SSSR count). The third-order valence-corrected chi connectivity index (χ3v) is 5.25. The van der Waals surface area contributed by atoms with E-state index in [9.17, 15) is 17.6 Å². The highest BCUT2D eigenvalue weighted by atomic mass is 32.2. The summed E-state index contributed by atoms with van der Waals surface area (Å²) < 4.78 is 38.8. The second-order valence-electron chi connectivity index (χ2n) is 5.99. The van der Waals surface area contributed by atoms with Gasteiger partial charge >= 0.3 is 0 Å². The number of amides is 1. The Hall–Kier alpha value is -2.76. The van der Waals surface area contributed by atoms with E-state index in [1.807, 2.05) is 6.07 Å². The fraction of sp³-hybridized carbons (Fsp3) is 0.263. The fourth-order valence-corrected chi connectivity index (χ4v) is 3.31. The van der Waals surface area contributed by atoms with E-state index in [0.717, 1.165) is 10.6 Å². The minimum atomic E-state index is -3.53. The molecule has 142 valence electrons. The lowest BCUT2D eigenvalue weighted by atomic mass is 10.1. The summed E-state index contributed by atoms with van der Waals surface area (Å²) in [5.74, 6) is -0.733. The van der Waals surface area contributed by atoms with Crippen molar-refractivity contribution < 1.29 is 17.6 Å². The van der Waals surface area contributed by atoms with Crippen molar-refractivity contribution in [2.24, 2.45) is 0 Å². The number of carbonyl (C=O) groups excluding carboxylic acids is 1. The summed E-state index contributed by atoms with van der Waals surface area (Å²) in [6.07, 6.45) is 1.24. The molecule has 0 aliphatic heterocycles. The van der Waals surface area contributed by atoms with Crippen LogP contribution < -0.4 is 5.32 Å². The van der Waals surface area contributed by atoms with Crippen molar-refractivity contribution in [3.05, 3.63) is 65.5 Å². The summed E-state index contributed by atoms with van der Waals surface area (Å²) in [6.45, 7) is 0.0827. The van der Waals surface area contributed by atoms with Gasteiger partial charge in [0.05, 0.1) is 17.9 Å². The van der Waals surface area contributed by atoms with Gasteiger partial charge in [-0.05, 0) is 42.3 Å². The molecule has 0 aliphatic carbocycles. The Morgan fingerprint density at radius 1 is 1.15 bits per heavy atom. The Labute approximate surface area is 158 Å². The Morgan fingerprint density at radius 3 is 2.41 bits per heavy atom. The zero-order valence-electron chi connectivity index (χ0n) is 14.9. The van der Waals surface area contributed by atoms with E-state index in [4.69, 9.17) is 5.26 Å². The largest absolute Gasteiger partial charge is 0.326 e. The maximum absolute atomic E-state index is 13.7. The summed E-state index contributed by atoms with van der Waals surface area (Å²) in [5.41, 5.74) is 1.42. The maximum Gasteiger partial charge on any atom is 0.225 e. The summed E-state index contributed by atoms with van der Waals surface area (Å²) >= 11 is 0. The highest BCUT2D eigenvalue weighted by Crippen LogP contribution is 2.11. The molecule has 0 saturated heterocycles. The van der Waals surface area contributed by atoms with Gasteiger partial charge < -0.3 is 5.32 Å². The molecule has 27 heavy (non-hydrogen) atoms. The lowest BCUT2D eigenvalue weighted by Crippen LogP contribution is -2.34. The highest BCUT2D eigenvalue weighted by Gasteiger charge is 2.18. The summed E-state index contributed by atoms with van der Waals surface area (Å²) in [5, 5.41) is 11.4. The maximum atomic E-state index is 13.7. The molecule has 6 nitrogen and oxygen atoms in total. The molecule has 0 spiro atoms. The molecule has 0 aromatic heterocycles. The van der Waals surface area contributed by atoms with Gasteiger partial charge in [0.15, 0.2) is 0 Å². The smallest absolute Gasteiger partial charge is 0.225 e. The van der Waals surface area contributed by atoms with Gasteiger partial charge in [-0.2, -0.15) is 5.26 Å². The SMILES string of the molecule is CS(=O)(=O)N(CCC(=O)Nc1ccc(C#N)cc1)CCc1ccccc1F. The van der Waals surface area contributed by atoms with Crippen molar-refractivity contribution in [1.82, 2.24) is 4.31 Å². The van der Waals surface area contributed by atoms with Crippen LogP contribution in [0.15, 0.2) is 48.5 Å². The van der Waals surface area contributed by atoms with E-state index < -0.39 is 10.0 Å². The zero-order valence-corrected chi connectivity index (χ0v) is 15.7. The van der Waals surface area contributed by atoms with Crippen LogP contribution in [0.5, 0.6) is 0 Å². The average Bonchev–Trinajstić information content (AvgIpc) is 2.62. The average molecular weight is 389 g/mol. The van der Waals surface area contributed by atoms with Gasteiger partial charge in [-0.25, -0.2) is 17.1 Å². The van der Waals surface area contributed by atoms with Crippen LogP contribution in [-0.2, 0) is 21.2 Å². The Balaban J connectivity index is 1.92. The second-order valence-corrected chi connectivity index (χ2v) is 7.97. The molecule has 2 aromatic rings. The number of nitrogens with zero attached hydrogens (tertiary/aromatic N) is 2. The molecule has 0 atom stereocenters. The summed E-state index contributed by atoms with van der Waals surface area (Å²) in [7, 11) is -3.53. The van der Waals surface area contributed by atoms with Crippen molar-refractivity contribution in [2.75, 3.05) is 24.7 Å². The lowest BCUT2D eigenvalue weighted by Gasteiger charge is -2.20. The zero-order chi connectivity index (χ0) is 19.9. The molecule has 0 fully saturated rings. The first-order valence-electron chi connectivity index (χ1n) is 8.28. The monoisotopic (exact) mass is 389 g/mol. The van der Waals surface area contributed by atoms with Gasteiger partial charge in [0.25, 0.3) is 0 Å². The van der Waals surface area contributed by atoms with Gasteiger partial charge in [-0.3, -0.25) is 4.79 Å². The van der Waals surface area contributed by atoms with Crippen LogP contribution in [0.1, 0.15) is 17.5 Å². The highest BCUT2D eigenvalue weighted by molar-refractivity contribution is 7.88. The van der Waals surface area contributed by atoms with E-state index >= 15 is 0 Å². The molecule has 0 bridgehead atoms. The fourth-order valence-electron chi connectivity index (χ4n) is 2.47. The first-order valence-corrected chi connectivity index (χ1v) is 10.1. The summed E-state index contributed by atoms with van der Waals surface area (Å²) in [6, 6.07) is 14.5. The molecular weight excluding hydrogens is 369 g/mol. The third-order valence-electron chi connectivity index (χ3n) is 3.94. The van der Waals surface area contributed by atoms with Gasteiger partial charge in [-0.1, -0.05) is 18.2 Å². The molecule has 1 amide bonds. The minimum Gasteiger partial charge on any atom is -0.326 e. The number of nitrogens with one attached hydrogen (secondary N) is 1. The van der Waals surface area contributed by atoms with Gasteiger partial charge in [-0.15, -0.1) is 0 Å². The van der Waals surface area contributed by atoms with Crippen molar-refractivity contribution in [3.8, 4) is 6.07 Å². The van der Waals surface area contributed by atoms with Crippen LogP contribution in [0.25, 0.3) is 0 Å². The molecule has 0 heterocycles. The number of hydrogen-bond donors (Lipinski definition) is 1. The molecule has 8 heteroatoms. The van der Waals surface area contributed by atoms with Crippen LogP contribution in [0.2, 0.25) is 0 Å². The molecular formula is C19H20FN3O3S. The van der Waals surface area contributed by atoms with Gasteiger partial charge in [0.2, 0.25) is 15.9 Å². The molecule has 0 unspecified atom stereocenters. The minimum absolute atomic E-state index is 0.00457. The Morgan fingerprint density at radius 2 is 1.81 bits per heavy atom. The van der Waals surface area contributed by atoms with E-state index in [1.54, 1.807) is 42.5 Å². The van der Waals surface area contributed by atoms with E-state index in [2.05, 4.69) is 5.32 Å². The molecule has 2 aromatic carbocycles. The number of anilines is 1. The van der Waals surface area contributed by atoms with Crippen LogP contribution in [-0.4, -0.2) is 38.0 Å². The van der Waals surface area contributed by atoms with Crippen LogP contribution in [0.4, 0.5) is 10.1 Å². The number of halogens is 1. The van der Waals surface area contributed by atoms with Gasteiger partial charge in [0.1, 0.15) is 5.82 Å². The number of benzene rings is 2. The normalized spacial score (nSPS) is 11.2. The van der Waals surface area contributed by atoms with E-state index in [0.29, 0.717) is 16.8 Å². The van der Waals surface area contributed by atoms with Crippen molar-refractivity contribution in [1.29, 1.82) is 5.26 Å². The molecule has 0 aliphatic rings. The van der Waals surface area contributed by atoms with Crippen LogP contribution in [0.3, 0.4) is 0 Å². The van der Waals surface area contributed by atoms with Crippen molar-refractivity contribution >= 4 is 21.6 Å². The molecule has 0 radical (unpaired) electrons. The van der Waals surface area contributed by atoms with Crippen molar-refractivity contribution in [2.45, 2.75) is 12.8 Å². The lowest BCUT2D eigenvalue weighted by molar-refractivity contribution is -0.116. The molecule has 0 saturated carbocycles. The van der Waals surface area contributed by atoms with Crippen LogP contribution >= 0.6 is 0 Å². The molecule has 1 N–H and O–H groups in total. The quantitative estimate of drug-likeness (QED) is 0.751. The predicted molar refractivity (Wildman–Crippen MR) is 101 cm³/mol. The Kier molecular flexibility index (Phi) is 7.05. The second kappa shape index (κ2) is 9.26. The Bertz CT molecular complexity index is 937. The van der Waals surface area contributed by atoms with Gasteiger partial charge in [0, 0.05) is 25.2 Å². The van der Waals surface area contributed by atoms with E-state index in [1.165, 1.54) is 6.07 Å². The number of carbonyl (C=O) groups is 1. The number of nitriles is 1.